The van der Waals surface area contributed by atoms with Gasteiger partial charge in [-0.25, -0.2) is 9.97 Å². The van der Waals surface area contributed by atoms with Gasteiger partial charge in [-0.15, -0.1) is 0 Å². The zero-order valence-corrected chi connectivity index (χ0v) is 32.6. The van der Waals surface area contributed by atoms with Gasteiger partial charge in [-0.05, 0) is 99.6 Å². The van der Waals surface area contributed by atoms with Crippen LogP contribution < -0.4 is 4.74 Å². The summed E-state index contributed by atoms with van der Waals surface area (Å²) in [6.07, 6.45) is 7.64. The standard InChI is InChI=1S/C44H54N6O4/c1-7-10-38(51)49(25(4)9-3)26(5)43-46-40(27-12-13-27)41(47-43)29-14-17-32-30(20-29)23-54-37-22-33-28(21-34(32)37)15-18-35-42(33)48-44(45-35)36-19-16-31(24-53-6)50(36)39(52)11-8-2/h14-15,17-18,20-22,25-27,31,36H,7-13,16,19,23-24H2,1-6H3,(H,45,48)(H,46,47)/t25-,26-,31+,36-/m0/s1. The number of fused-ring (bicyclic) bond motifs is 6. The molecule has 0 unspecified atom stereocenters. The number of aromatic nitrogens is 4. The summed E-state index contributed by atoms with van der Waals surface area (Å²) in [4.78, 5) is 48.1. The fourth-order valence-electron chi connectivity index (χ4n) is 8.84. The van der Waals surface area contributed by atoms with Crippen molar-refractivity contribution in [1.82, 2.24) is 29.7 Å². The van der Waals surface area contributed by atoms with Crippen LogP contribution >= 0.6 is 0 Å². The Balaban J connectivity index is 1.11. The van der Waals surface area contributed by atoms with Crippen molar-refractivity contribution >= 4 is 33.6 Å². The van der Waals surface area contributed by atoms with E-state index in [-0.39, 0.29) is 36.0 Å². The largest absolute Gasteiger partial charge is 0.488 e. The number of hydrogen-bond acceptors (Lipinski definition) is 6. The molecule has 284 valence electrons. The molecule has 1 aliphatic carbocycles. The summed E-state index contributed by atoms with van der Waals surface area (Å²) in [7, 11) is 1.70. The number of nitrogens with one attached hydrogen (secondary N) is 2. The Bertz CT molecular complexity index is 2200. The highest BCUT2D eigenvalue weighted by Gasteiger charge is 2.39. The molecular weight excluding hydrogens is 677 g/mol. The number of aromatic amines is 2. The SMILES string of the molecule is CCCC(=O)N([C@@H](C)CC)[C@@H](C)c1nc(C2CC2)c(-c2ccc3c(c2)COc2cc4c(ccc5nc([C@@H]6CC[C@H](COC)N6C(=O)CCC)[nH]c54)cc2-3)[nH]1. The van der Waals surface area contributed by atoms with Crippen LogP contribution in [0.5, 0.6) is 5.75 Å². The van der Waals surface area contributed by atoms with Gasteiger partial charge in [-0.1, -0.05) is 39.0 Å². The average Bonchev–Trinajstić information content (AvgIpc) is 3.56. The van der Waals surface area contributed by atoms with E-state index in [9.17, 15) is 9.59 Å². The van der Waals surface area contributed by atoms with Gasteiger partial charge >= 0.3 is 0 Å². The summed E-state index contributed by atoms with van der Waals surface area (Å²) < 4.78 is 12.0. The van der Waals surface area contributed by atoms with Crippen LogP contribution in [0.1, 0.15) is 133 Å². The van der Waals surface area contributed by atoms with Crippen molar-refractivity contribution in [2.24, 2.45) is 0 Å². The van der Waals surface area contributed by atoms with Crippen LogP contribution in [-0.2, 0) is 20.9 Å². The molecule has 0 radical (unpaired) electrons. The molecule has 1 saturated carbocycles. The Morgan fingerprint density at radius 2 is 1.78 bits per heavy atom. The molecule has 10 heteroatoms. The van der Waals surface area contributed by atoms with Crippen molar-refractivity contribution in [1.29, 1.82) is 0 Å². The number of H-pyrrole nitrogens is 2. The number of imidazole rings is 2. The van der Waals surface area contributed by atoms with Crippen molar-refractivity contribution in [2.75, 3.05) is 13.7 Å². The van der Waals surface area contributed by atoms with Crippen LogP contribution in [0.25, 0.3) is 44.2 Å². The third kappa shape index (κ3) is 6.46. The first-order valence-electron chi connectivity index (χ1n) is 20.2. The summed E-state index contributed by atoms with van der Waals surface area (Å²) in [6, 6.07) is 15.2. The van der Waals surface area contributed by atoms with Gasteiger partial charge in [0.25, 0.3) is 0 Å². The molecule has 10 nitrogen and oxygen atoms in total. The van der Waals surface area contributed by atoms with Crippen LogP contribution in [-0.4, -0.2) is 67.4 Å². The van der Waals surface area contributed by atoms with E-state index in [2.05, 4.69) is 80.1 Å². The molecule has 3 aliphatic rings. The first kappa shape index (κ1) is 36.3. The fourth-order valence-corrected chi connectivity index (χ4v) is 8.84. The van der Waals surface area contributed by atoms with Gasteiger partial charge in [0, 0.05) is 48.4 Å². The molecule has 8 rings (SSSR count). The van der Waals surface area contributed by atoms with E-state index in [0.29, 0.717) is 32.0 Å². The maximum atomic E-state index is 13.3. The number of hydrogen-bond donors (Lipinski definition) is 2. The van der Waals surface area contributed by atoms with E-state index < -0.39 is 0 Å². The number of amides is 2. The Morgan fingerprint density at radius 1 is 0.963 bits per heavy atom. The number of carbonyl (C=O) groups is 2. The normalized spacial score (nSPS) is 19.1. The molecular formula is C44H54N6O4. The Morgan fingerprint density at radius 3 is 2.52 bits per heavy atom. The Kier molecular flexibility index (Phi) is 9.98. The third-order valence-electron chi connectivity index (χ3n) is 11.9. The molecule has 2 fully saturated rings. The fraction of sp³-hybridized carbons (Fsp3) is 0.500. The second kappa shape index (κ2) is 14.9. The summed E-state index contributed by atoms with van der Waals surface area (Å²) in [6.45, 7) is 11.5. The number of benzene rings is 3. The first-order chi connectivity index (χ1) is 26.2. The van der Waals surface area contributed by atoms with E-state index in [1.165, 1.54) is 5.56 Å². The van der Waals surface area contributed by atoms with Crippen LogP contribution in [0.15, 0.2) is 42.5 Å². The zero-order valence-electron chi connectivity index (χ0n) is 32.6. The summed E-state index contributed by atoms with van der Waals surface area (Å²) in [5.41, 5.74) is 8.50. The smallest absolute Gasteiger partial charge is 0.223 e. The molecule has 2 aliphatic heterocycles. The molecule has 2 aromatic heterocycles. The average molecular weight is 731 g/mol. The lowest BCUT2D eigenvalue weighted by Crippen LogP contribution is -2.40. The van der Waals surface area contributed by atoms with Crippen LogP contribution in [0.3, 0.4) is 0 Å². The zero-order chi connectivity index (χ0) is 37.7. The van der Waals surface area contributed by atoms with Crippen molar-refractivity contribution in [3.05, 3.63) is 65.4 Å². The van der Waals surface area contributed by atoms with E-state index in [1.54, 1.807) is 7.11 Å². The number of nitrogens with zero attached hydrogens (tertiary/aromatic N) is 4. The number of ether oxygens (including phenoxy) is 2. The second-order valence-corrected chi connectivity index (χ2v) is 15.7. The molecule has 1 saturated heterocycles. The lowest BCUT2D eigenvalue weighted by Gasteiger charge is -2.33. The molecule has 2 N–H and O–H groups in total. The molecule has 4 heterocycles. The van der Waals surface area contributed by atoms with E-state index in [4.69, 9.17) is 19.4 Å². The predicted octanol–water partition coefficient (Wildman–Crippen LogP) is 9.51. The highest BCUT2D eigenvalue weighted by Crippen LogP contribution is 2.47. The topological polar surface area (TPSA) is 116 Å². The summed E-state index contributed by atoms with van der Waals surface area (Å²) in [5.74, 6) is 3.34. The van der Waals surface area contributed by atoms with Gasteiger partial charge < -0.3 is 29.2 Å². The van der Waals surface area contributed by atoms with E-state index >= 15 is 0 Å². The first-order valence-corrected chi connectivity index (χ1v) is 20.2. The summed E-state index contributed by atoms with van der Waals surface area (Å²) in [5, 5.41) is 2.16. The monoisotopic (exact) mass is 730 g/mol. The number of carbonyl (C=O) groups excluding carboxylic acids is 2. The van der Waals surface area contributed by atoms with Gasteiger partial charge in [0.2, 0.25) is 11.8 Å². The predicted molar refractivity (Wildman–Crippen MR) is 212 cm³/mol. The van der Waals surface area contributed by atoms with Crippen molar-refractivity contribution in [3.8, 4) is 28.1 Å². The van der Waals surface area contributed by atoms with Gasteiger partial charge in [0.05, 0.1) is 47.2 Å². The summed E-state index contributed by atoms with van der Waals surface area (Å²) >= 11 is 0. The Labute approximate surface area is 318 Å². The molecule has 2 amide bonds. The van der Waals surface area contributed by atoms with Crippen molar-refractivity contribution in [2.45, 2.75) is 129 Å². The third-order valence-corrected chi connectivity index (χ3v) is 11.9. The van der Waals surface area contributed by atoms with Crippen molar-refractivity contribution in [3.63, 3.8) is 0 Å². The minimum atomic E-state index is -0.142. The minimum Gasteiger partial charge on any atom is -0.488 e. The molecule has 3 aromatic carbocycles. The minimum absolute atomic E-state index is 0.0605. The lowest BCUT2D eigenvalue weighted by atomic mass is 9.92. The Hall–Kier alpha value is -4.70. The molecule has 4 atom stereocenters. The molecule has 5 aromatic rings. The van der Waals surface area contributed by atoms with Crippen LogP contribution in [0.2, 0.25) is 0 Å². The number of methoxy groups -OCH3 is 1. The number of likely N-dealkylation sites (tertiary alicyclic amines) is 1. The quantitative estimate of drug-likeness (QED) is 0.125. The van der Waals surface area contributed by atoms with E-state index in [0.717, 1.165) is 112 Å². The van der Waals surface area contributed by atoms with E-state index in [1.807, 2.05) is 16.7 Å². The lowest BCUT2D eigenvalue weighted by molar-refractivity contribution is -0.136. The van der Waals surface area contributed by atoms with Crippen LogP contribution in [0.4, 0.5) is 0 Å². The second-order valence-electron chi connectivity index (χ2n) is 15.7. The van der Waals surface area contributed by atoms with Gasteiger partial charge in [-0.3, -0.25) is 9.59 Å². The molecule has 0 bridgehead atoms. The number of rotatable bonds is 13. The highest BCUT2D eigenvalue weighted by molar-refractivity contribution is 6.07. The van der Waals surface area contributed by atoms with Crippen LogP contribution in [0, 0.1) is 0 Å². The molecule has 0 spiro atoms. The maximum absolute atomic E-state index is 13.3. The van der Waals surface area contributed by atoms with Crippen molar-refractivity contribution < 1.29 is 19.1 Å². The van der Waals surface area contributed by atoms with Gasteiger partial charge in [-0.2, -0.15) is 0 Å². The highest BCUT2D eigenvalue weighted by atomic mass is 16.5. The maximum Gasteiger partial charge on any atom is 0.223 e. The van der Waals surface area contributed by atoms with Gasteiger partial charge in [0.1, 0.15) is 24.0 Å². The van der Waals surface area contributed by atoms with Gasteiger partial charge in [0.15, 0.2) is 0 Å². The molecule has 54 heavy (non-hydrogen) atoms.